The molecule has 0 heterocycles. The van der Waals surface area contributed by atoms with Crippen LogP contribution < -0.4 is 0 Å². The Morgan fingerprint density at radius 3 is 2.80 bits per heavy atom. The van der Waals surface area contributed by atoms with E-state index in [2.05, 4.69) is 37.0 Å². The fraction of sp³-hybridized carbons (Fsp3) is 0.167. The summed E-state index contributed by atoms with van der Waals surface area (Å²) in [5, 5.41) is 8.50. The number of thiol groups is 1. The minimum Gasteiger partial charge on any atom is -0.264 e. The minimum atomic E-state index is 0.513. The first-order chi connectivity index (χ1) is 7.19. The average Bonchev–Trinajstić information content (AvgIpc) is 2.25. The molecule has 76 valence electrons. The molecular weight excluding hydrogens is 204 g/mol. The largest absolute Gasteiger partial charge is 0.264 e. The van der Waals surface area contributed by atoms with Gasteiger partial charge in [-0.05, 0) is 30.8 Å². The van der Waals surface area contributed by atoms with Crippen molar-refractivity contribution in [3.8, 4) is 6.07 Å². The molecule has 0 fully saturated rings. The van der Waals surface area contributed by atoms with Gasteiger partial charge in [-0.1, -0.05) is 12.6 Å². The first-order valence-electron chi connectivity index (χ1n) is 4.54. The fourth-order valence-corrected chi connectivity index (χ4v) is 1.49. The number of aliphatic imine (C=N–C) groups is 1. The lowest BCUT2D eigenvalue weighted by molar-refractivity contribution is 1.01. The lowest BCUT2D eigenvalue weighted by Gasteiger charge is -2.06. The topological polar surface area (TPSA) is 36.1 Å². The Morgan fingerprint density at radius 1 is 1.53 bits per heavy atom. The molecule has 0 aliphatic carbocycles. The number of aryl methyl sites for hydroxylation is 1. The highest BCUT2D eigenvalue weighted by atomic mass is 32.1. The van der Waals surface area contributed by atoms with E-state index < -0.39 is 0 Å². The number of benzene rings is 1. The van der Waals surface area contributed by atoms with Gasteiger partial charge in [-0.25, -0.2) is 0 Å². The van der Waals surface area contributed by atoms with Crippen molar-refractivity contribution in [1.29, 1.82) is 5.26 Å². The van der Waals surface area contributed by atoms with Crippen molar-refractivity contribution in [2.75, 3.05) is 0 Å². The molecule has 0 unspecified atom stereocenters. The van der Waals surface area contributed by atoms with Crippen LogP contribution in [0, 0.1) is 11.3 Å². The molecule has 15 heavy (non-hydrogen) atoms. The monoisotopic (exact) mass is 216 g/mol. The van der Waals surface area contributed by atoms with Crippen LogP contribution in [0.4, 0.5) is 5.69 Å². The zero-order chi connectivity index (χ0) is 11.3. The molecular formula is C12H12N2S. The first-order valence-corrected chi connectivity index (χ1v) is 4.98. The minimum absolute atomic E-state index is 0.513. The van der Waals surface area contributed by atoms with Crippen LogP contribution in [0.2, 0.25) is 0 Å². The number of hydrogen-bond acceptors (Lipinski definition) is 3. The molecule has 0 bridgehead atoms. The molecule has 1 aromatic carbocycles. The quantitative estimate of drug-likeness (QED) is 0.608. The van der Waals surface area contributed by atoms with Gasteiger partial charge in [0.1, 0.15) is 0 Å². The summed E-state index contributed by atoms with van der Waals surface area (Å²) in [6.45, 7) is 7.26. The van der Waals surface area contributed by atoms with Crippen LogP contribution in [-0.4, -0.2) is 6.72 Å². The van der Waals surface area contributed by atoms with Crippen LogP contribution in [0.5, 0.6) is 0 Å². The molecule has 1 aromatic rings. The Labute approximate surface area is 95.4 Å². The van der Waals surface area contributed by atoms with Crippen molar-refractivity contribution < 1.29 is 0 Å². The lowest BCUT2D eigenvalue weighted by atomic mass is 10.0. The van der Waals surface area contributed by atoms with Crippen LogP contribution in [0.15, 0.2) is 29.8 Å². The summed E-state index contributed by atoms with van der Waals surface area (Å²) in [5.41, 5.74) is 2.74. The normalized spacial score (nSPS) is 9.33. The Hall–Kier alpha value is -1.53. The summed E-state index contributed by atoms with van der Waals surface area (Å²) in [6.07, 6.45) is 1.25. The van der Waals surface area contributed by atoms with Gasteiger partial charge in [0, 0.05) is 16.9 Å². The predicted octanol–water partition coefficient (Wildman–Crippen LogP) is 3.38. The molecule has 0 amide bonds. The van der Waals surface area contributed by atoms with Crippen molar-refractivity contribution in [2.45, 2.75) is 12.8 Å². The number of nitrogens with zero attached hydrogens (tertiary/aromatic N) is 2. The highest BCUT2D eigenvalue weighted by molar-refractivity contribution is 7.90. The number of nitriles is 1. The molecule has 0 aliphatic rings. The van der Waals surface area contributed by atoms with E-state index in [1.165, 1.54) is 0 Å². The summed E-state index contributed by atoms with van der Waals surface area (Å²) in [6, 6.07) is 7.89. The first kappa shape index (κ1) is 11.5. The van der Waals surface area contributed by atoms with Crippen LogP contribution in [0.25, 0.3) is 4.91 Å². The standard InChI is InChI=1S/C12H12N2S/c1-9(15)11-8-10(4-3-7-13)5-6-12(11)14-2/h5-6,8,15H,1-4H2. The van der Waals surface area contributed by atoms with Crippen LogP contribution in [0.1, 0.15) is 17.5 Å². The van der Waals surface area contributed by atoms with E-state index >= 15 is 0 Å². The second-order valence-electron chi connectivity index (χ2n) is 3.11. The molecule has 1 rings (SSSR count). The molecule has 0 saturated heterocycles. The molecule has 0 aliphatic heterocycles. The van der Waals surface area contributed by atoms with Crippen molar-refractivity contribution in [3.63, 3.8) is 0 Å². The van der Waals surface area contributed by atoms with E-state index in [0.29, 0.717) is 11.3 Å². The van der Waals surface area contributed by atoms with E-state index in [4.69, 9.17) is 5.26 Å². The van der Waals surface area contributed by atoms with E-state index in [1.54, 1.807) is 0 Å². The Bertz CT molecular complexity index is 430. The van der Waals surface area contributed by atoms with E-state index in [9.17, 15) is 0 Å². The van der Waals surface area contributed by atoms with E-state index in [0.717, 1.165) is 23.2 Å². The molecule has 2 nitrogen and oxygen atoms in total. The van der Waals surface area contributed by atoms with Crippen molar-refractivity contribution in [2.24, 2.45) is 4.99 Å². The van der Waals surface area contributed by atoms with Crippen LogP contribution >= 0.6 is 12.6 Å². The fourth-order valence-electron chi connectivity index (χ4n) is 1.31. The van der Waals surface area contributed by atoms with Gasteiger partial charge < -0.3 is 0 Å². The van der Waals surface area contributed by atoms with Crippen molar-refractivity contribution in [3.05, 3.63) is 35.9 Å². The van der Waals surface area contributed by atoms with Gasteiger partial charge in [0.25, 0.3) is 0 Å². The van der Waals surface area contributed by atoms with Crippen LogP contribution in [-0.2, 0) is 6.42 Å². The van der Waals surface area contributed by atoms with Gasteiger partial charge in [0.2, 0.25) is 0 Å². The molecule has 3 heteroatoms. The molecule has 0 radical (unpaired) electrons. The van der Waals surface area contributed by atoms with E-state index in [-0.39, 0.29) is 0 Å². The molecule has 0 spiro atoms. The maximum absolute atomic E-state index is 8.50. The molecule has 0 N–H and O–H groups in total. The second-order valence-corrected chi connectivity index (χ2v) is 3.65. The summed E-state index contributed by atoms with van der Waals surface area (Å²) in [4.78, 5) is 4.55. The molecule has 0 saturated carbocycles. The molecule has 0 atom stereocenters. The Kier molecular flexibility index (Phi) is 4.14. The Balaban J connectivity index is 3.06. The summed E-state index contributed by atoms with van der Waals surface area (Å²) < 4.78 is 0. The zero-order valence-electron chi connectivity index (χ0n) is 8.40. The van der Waals surface area contributed by atoms with E-state index in [1.807, 2.05) is 18.2 Å². The van der Waals surface area contributed by atoms with Crippen LogP contribution in [0.3, 0.4) is 0 Å². The smallest absolute Gasteiger partial charge is 0.0705 e. The van der Waals surface area contributed by atoms with Gasteiger partial charge in [-0.15, -0.1) is 12.6 Å². The number of hydrogen-bond donors (Lipinski definition) is 1. The summed E-state index contributed by atoms with van der Waals surface area (Å²) >= 11 is 4.20. The second kappa shape index (κ2) is 5.38. The van der Waals surface area contributed by atoms with Gasteiger partial charge in [0.05, 0.1) is 11.8 Å². The lowest BCUT2D eigenvalue weighted by Crippen LogP contribution is -1.86. The Morgan fingerprint density at radius 2 is 2.27 bits per heavy atom. The van der Waals surface area contributed by atoms with Gasteiger partial charge >= 0.3 is 0 Å². The third-order valence-corrected chi connectivity index (χ3v) is 2.31. The number of rotatable bonds is 4. The highest BCUT2D eigenvalue weighted by Gasteiger charge is 2.03. The summed E-state index contributed by atoms with van der Waals surface area (Å²) in [5.74, 6) is 0. The van der Waals surface area contributed by atoms with Crippen molar-refractivity contribution in [1.82, 2.24) is 0 Å². The highest BCUT2D eigenvalue weighted by Crippen LogP contribution is 2.28. The molecule has 0 aromatic heterocycles. The zero-order valence-corrected chi connectivity index (χ0v) is 9.30. The SMILES string of the molecule is C=Nc1ccc(CCC#N)cc1C(=C)S. The third kappa shape index (κ3) is 2.97. The van der Waals surface area contributed by atoms with Gasteiger partial charge in [-0.2, -0.15) is 5.26 Å². The average molecular weight is 216 g/mol. The maximum Gasteiger partial charge on any atom is 0.0705 e. The van der Waals surface area contributed by atoms with Crippen molar-refractivity contribution >= 4 is 29.9 Å². The van der Waals surface area contributed by atoms with Gasteiger partial charge in [-0.3, -0.25) is 4.99 Å². The van der Waals surface area contributed by atoms with Gasteiger partial charge in [0.15, 0.2) is 0 Å². The maximum atomic E-state index is 8.50. The summed E-state index contributed by atoms with van der Waals surface area (Å²) in [7, 11) is 0. The predicted molar refractivity (Wildman–Crippen MR) is 67.6 cm³/mol. The third-order valence-electron chi connectivity index (χ3n) is 2.07.